The molecule has 1 saturated heterocycles. The summed E-state index contributed by atoms with van der Waals surface area (Å²) < 4.78 is 6.82. The van der Waals surface area contributed by atoms with E-state index in [1.54, 1.807) is 11.8 Å². The summed E-state index contributed by atoms with van der Waals surface area (Å²) in [5, 5.41) is 8.22. The Bertz CT molecular complexity index is 695. The van der Waals surface area contributed by atoms with Crippen LogP contribution >= 0.6 is 0 Å². The van der Waals surface area contributed by atoms with Gasteiger partial charge in [0.2, 0.25) is 0 Å². The maximum absolute atomic E-state index is 12.6. The van der Waals surface area contributed by atoms with Crippen LogP contribution in [0.2, 0.25) is 0 Å². The average molecular weight is 315 g/mol. The minimum Gasteiger partial charge on any atom is -0.497 e. The Hall–Kier alpha value is -2.41. The van der Waals surface area contributed by atoms with E-state index >= 15 is 0 Å². The summed E-state index contributed by atoms with van der Waals surface area (Å²) in [6.45, 7) is 3.90. The van der Waals surface area contributed by atoms with Crippen molar-refractivity contribution in [1.29, 1.82) is 0 Å². The number of benzene rings is 1. The van der Waals surface area contributed by atoms with Crippen molar-refractivity contribution in [3.8, 4) is 11.4 Å². The van der Waals surface area contributed by atoms with E-state index in [0.29, 0.717) is 24.7 Å². The van der Waals surface area contributed by atoms with Gasteiger partial charge in [-0.3, -0.25) is 4.79 Å². The van der Waals surface area contributed by atoms with Crippen LogP contribution in [-0.2, 0) is 0 Å². The van der Waals surface area contributed by atoms with Crippen molar-refractivity contribution >= 4 is 5.91 Å². The first kappa shape index (κ1) is 15.5. The molecule has 0 spiro atoms. The van der Waals surface area contributed by atoms with Crippen LogP contribution in [-0.4, -0.2) is 52.5 Å². The molecule has 2 N–H and O–H groups in total. The van der Waals surface area contributed by atoms with E-state index in [1.165, 1.54) is 0 Å². The average Bonchev–Trinajstić information content (AvgIpc) is 3.21. The lowest BCUT2D eigenvalue weighted by Gasteiger charge is -2.15. The zero-order chi connectivity index (χ0) is 16.4. The van der Waals surface area contributed by atoms with E-state index in [4.69, 9.17) is 10.5 Å². The van der Waals surface area contributed by atoms with Crippen LogP contribution < -0.4 is 10.5 Å². The van der Waals surface area contributed by atoms with Crippen molar-refractivity contribution in [2.24, 2.45) is 11.7 Å². The monoisotopic (exact) mass is 315 g/mol. The van der Waals surface area contributed by atoms with Gasteiger partial charge in [-0.05, 0) is 50.1 Å². The first-order valence-corrected chi connectivity index (χ1v) is 7.70. The van der Waals surface area contributed by atoms with E-state index < -0.39 is 0 Å². The number of hydrogen-bond acceptors (Lipinski definition) is 5. The molecule has 23 heavy (non-hydrogen) atoms. The van der Waals surface area contributed by atoms with Crippen molar-refractivity contribution in [1.82, 2.24) is 19.9 Å². The number of nitrogens with two attached hydrogens (primary N) is 1. The fourth-order valence-corrected chi connectivity index (χ4v) is 2.85. The second-order valence-electron chi connectivity index (χ2n) is 5.77. The Morgan fingerprint density at radius 3 is 2.74 bits per heavy atom. The molecular formula is C16H21N5O2. The smallest absolute Gasteiger partial charge is 0.276 e. The number of aromatic nitrogens is 3. The Morgan fingerprint density at radius 1 is 1.39 bits per heavy atom. The number of rotatable bonds is 4. The third kappa shape index (κ3) is 2.92. The third-order valence-corrected chi connectivity index (χ3v) is 4.32. The van der Waals surface area contributed by atoms with Gasteiger partial charge in [0.1, 0.15) is 5.75 Å². The zero-order valence-corrected chi connectivity index (χ0v) is 13.4. The Kier molecular flexibility index (Phi) is 4.29. The zero-order valence-electron chi connectivity index (χ0n) is 13.4. The van der Waals surface area contributed by atoms with Gasteiger partial charge in [-0.1, -0.05) is 5.21 Å². The number of amides is 1. The van der Waals surface area contributed by atoms with Crippen LogP contribution in [0, 0.1) is 12.8 Å². The lowest BCUT2D eigenvalue weighted by atomic mass is 10.1. The quantitative estimate of drug-likeness (QED) is 0.910. The maximum atomic E-state index is 12.6. The second-order valence-corrected chi connectivity index (χ2v) is 5.77. The molecule has 1 aliphatic heterocycles. The lowest BCUT2D eigenvalue weighted by Crippen LogP contribution is -2.30. The van der Waals surface area contributed by atoms with E-state index in [0.717, 1.165) is 30.1 Å². The molecule has 3 rings (SSSR count). The minimum absolute atomic E-state index is 0.0711. The molecule has 1 amide bonds. The van der Waals surface area contributed by atoms with Gasteiger partial charge in [-0.25, -0.2) is 4.68 Å². The van der Waals surface area contributed by atoms with Crippen LogP contribution in [0.5, 0.6) is 5.75 Å². The number of ether oxygens (including phenoxy) is 1. The van der Waals surface area contributed by atoms with Gasteiger partial charge in [0.05, 0.1) is 18.5 Å². The molecule has 1 aliphatic rings. The van der Waals surface area contributed by atoms with E-state index in [9.17, 15) is 4.79 Å². The summed E-state index contributed by atoms with van der Waals surface area (Å²) >= 11 is 0. The summed E-state index contributed by atoms with van der Waals surface area (Å²) in [4.78, 5) is 14.4. The second kappa shape index (κ2) is 6.37. The fourth-order valence-electron chi connectivity index (χ4n) is 2.85. The highest BCUT2D eigenvalue weighted by Gasteiger charge is 2.29. The number of hydrogen-bond donors (Lipinski definition) is 1. The Morgan fingerprint density at radius 2 is 2.13 bits per heavy atom. The molecule has 2 aromatic rings. The standard InChI is InChI=1S/C16H21N5O2/c1-11-15(16(22)20-8-7-12(9-17)10-20)18-19-21(11)13-3-5-14(23-2)6-4-13/h3-6,12H,7-10,17H2,1-2H3. The van der Waals surface area contributed by atoms with Gasteiger partial charge in [0.25, 0.3) is 5.91 Å². The van der Waals surface area contributed by atoms with Crippen molar-refractivity contribution < 1.29 is 9.53 Å². The summed E-state index contributed by atoms with van der Waals surface area (Å²) in [5.74, 6) is 1.09. The van der Waals surface area contributed by atoms with Gasteiger partial charge >= 0.3 is 0 Å². The van der Waals surface area contributed by atoms with E-state index in [-0.39, 0.29) is 5.91 Å². The van der Waals surface area contributed by atoms with Gasteiger partial charge in [0, 0.05) is 13.1 Å². The molecule has 1 fully saturated rings. The van der Waals surface area contributed by atoms with Crippen molar-refractivity contribution in [2.45, 2.75) is 13.3 Å². The normalized spacial score (nSPS) is 17.5. The summed E-state index contributed by atoms with van der Waals surface area (Å²) in [6, 6.07) is 7.47. The number of carbonyl (C=O) groups is 1. The molecule has 7 heteroatoms. The predicted molar refractivity (Wildman–Crippen MR) is 85.7 cm³/mol. The largest absolute Gasteiger partial charge is 0.497 e. The van der Waals surface area contributed by atoms with Gasteiger partial charge in [0.15, 0.2) is 5.69 Å². The summed E-state index contributed by atoms with van der Waals surface area (Å²) in [6.07, 6.45) is 0.952. The van der Waals surface area contributed by atoms with Crippen molar-refractivity contribution in [2.75, 3.05) is 26.7 Å². The van der Waals surface area contributed by atoms with Crippen LogP contribution in [0.4, 0.5) is 0 Å². The first-order chi connectivity index (χ1) is 11.1. The first-order valence-electron chi connectivity index (χ1n) is 7.70. The molecule has 1 aromatic heterocycles. The molecule has 122 valence electrons. The minimum atomic E-state index is -0.0711. The van der Waals surface area contributed by atoms with Crippen LogP contribution in [0.15, 0.2) is 24.3 Å². The molecule has 0 saturated carbocycles. The molecule has 0 bridgehead atoms. The highest BCUT2D eigenvalue weighted by atomic mass is 16.5. The molecule has 2 heterocycles. The Labute approximate surface area is 135 Å². The molecular weight excluding hydrogens is 294 g/mol. The lowest BCUT2D eigenvalue weighted by molar-refractivity contribution is 0.0781. The Balaban J connectivity index is 1.82. The molecule has 7 nitrogen and oxygen atoms in total. The molecule has 1 aromatic carbocycles. The van der Waals surface area contributed by atoms with Gasteiger partial charge < -0.3 is 15.4 Å². The highest BCUT2D eigenvalue weighted by molar-refractivity contribution is 5.93. The van der Waals surface area contributed by atoms with Crippen molar-refractivity contribution in [3.05, 3.63) is 35.7 Å². The number of carbonyl (C=O) groups excluding carboxylic acids is 1. The maximum Gasteiger partial charge on any atom is 0.276 e. The molecule has 1 unspecified atom stereocenters. The van der Waals surface area contributed by atoms with Crippen LogP contribution in [0.25, 0.3) is 5.69 Å². The van der Waals surface area contributed by atoms with E-state index in [2.05, 4.69) is 10.3 Å². The molecule has 0 aliphatic carbocycles. The molecule has 0 radical (unpaired) electrons. The topological polar surface area (TPSA) is 86.3 Å². The number of methoxy groups -OCH3 is 1. The highest BCUT2D eigenvalue weighted by Crippen LogP contribution is 2.20. The predicted octanol–water partition coefficient (Wildman–Crippen LogP) is 1.01. The van der Waals surface area contributed by atoms with Crippen molar-refractivity contribution in [3.63, 3.8) is 0 Å². The summed E-state index contributed by atoms with van der Waals surface area (Å²) in [7, 11) is 1.62. The number of likely N-dealkylation sites (tertiary alicyclic amines) is 1. The van der Waals surface area contributed by atoms with Crippen LogP contribution in [0.3, 0.4) is 0 Å². The number of nitrogens with zero attached hydrogens (tertiary/aromatic N) is 4. The SMILES string of the molecule is COc1ccc(-n2nnc(C(=O)N3CCC(CN)C3)c2C)cc1. The fraction of sp³-hybridized carbons (Fsp3) is 0.438. The summed E-state index contributed by atoms with van der Waals surface area (Å²) in [5.41, 5.74) is 7.67. The molecule has 1 atom stereocenters. The van der Waals surface area contributed by atoms with E-state index in [1.807, 2.05) is 36.1 Å². The third-order valence-electron chi connectivity index (χ3n) is 4.32. The van der Waals surface area contributed by atoms with Gasteiger partial charge in [-0.2, -0.15) is 0 Å². The van der Waals surface area contributed by atoms with Crippen LogP contribution in [0.1, 0.15) is 22.6 Å². The van der Waals surface area contributed by atoms with Gasteiger partial charge in [-0.15, -0.1) is 5.10 Å².